The Hall–Kier alpha value is -1.59. The molecule has 20 heavy (non-hydrogen) atoms. The summed E-state index contributed by atoms with van der Waals surface area (Å²) < 4.78 is 0. The second-order valence-electron chi connectivity index (χ2n) is 5.36. The molecule has 1 heterocycles. The molecule has 0 amide bonds. The van der Waals surface area contributed by atoms with E-state index in [0.29, 0.717) is 37.3 Å². The Morgan fingerprint density at radius 1 is 0.900 bits per heavy atom. The maximum Gasteiger partial charge on any atom is 0.182 e. The minimum Gasteiger partial charge on any atom is -0.309 e. The molecule has 5 nitrogen and oxygen atoms in total. The molecule has 0 atom stereocenters. The van der Waals surface area contributed by atoms with E-state index in [9.17, 15) is 9.59 Å². The molecule has 0 bridgehead atoms. The van der Waals surface area contributed by atoms with Gasteiger partial charge in [-0.15, -0.1) is 0 Å². The summed E-state index contributed by atoms with van der Waals surface area (Å²) in [6.07, 6.45) is 0.824. The van der Waals surface area contributed by atoms with Crippen LogP contribution in [-0.2, 0) is 0 Å². The Balaban J connectivity index is 2.70. The van der Waals surface area contributed by atoms with Gasteiger partial charge >= 0.3 is 0 Å². The van der Waals surface area contributed by atoms with Crippen molar-refractivity contribution in [1.29, 1.82) is 0 Å². The first-order chi connectivity index (χ1) is 9.40. The van der Waals surface area contributed by atoms with Crippen LogP contribution in [0.2, 0.25) is 0 Å². The van der Waals surface area contributed by atoms with E-state index in [0.717, 1.165) is 0 Å². The first kappa shape index (κ1) is 16.5. The lowest BCUT2D eigenvalue weighted by atomic mass is 10.1. The summed E-state index contributed by atoms with van der Waals surface area (Å²) in [6.45, 7) is 1.36. The zero-order chi connectivity index (χ0) is 15.1. The fourth-order valence-electron chi connectivity index (χ4n) is 1.65. The Morgan fingerprint density at radius 3 is 1.65 bits per heavy atom. The third-order valence-corrected chi connectivity index (χ3v) is 2.89. The second-order valence-corrected chi connectivity index (χ2v) is 5.36. The molecule has 1 rings (SSSR count). The number of carbonyl (C=O) groups excluding carboxylic acids is 2. The molecule has 0 N–H and O–H groups in total. The van der Waals surface area contributed by atoms with Crippen LogP contribution in [0.5, 0.6) is 0 Å². The van der Waals surface area contributed by atoms with Gasteiger partial charge in [-0.1, -0.05) is 6.07 Å². The Kier molecular flexibility index (Phi) is 6.48. The van der Waals surface area contributed by atoms with Crippen molar-refractivity contribution in [2.24, 2.45) is 0 Å². The van der Waals surface area contributed by atoms with Gasteiger partial charge in [-0.2, -0.15) is 0 Å². The lowest BCUT2D eigenvalue weighted by molar-refractivity contribution is 0.0963. The smallest absolute Gasteiger partial charge is 0.182 e. The van der Waals surface area contributed by atoms with Crippen molar-refractivity contribution >= 4 is 11.6 Å². The second kappa shape index (κ2) is 7.87. The molecular formula is C15H23N3O2. The van der Waals surface area contributed by atoms with E-state index < -0.39 is 0 Å². The highest BCUT2D eigenvalue weighted by Crippen LogP contribution is 2.06. The number of pyridine rings is 1. The van der Waals surface area contributed by atoms with Crippen LogP contribution in [-0.4, -0.2) is 67.6 Å². The van der Waals surface area contributed by atoms with Gasteiger partial charge < -0.3 is 9.80 Å². The molecule has 0 spiro atoms. The van der Waals surface area contributed by atoms with E-state index in [1.54, 1.807) is 18.2 Å². The van der Waals surface area contributed by atoms with E-state index in [-0.39, 0.29) is 11.6 Å². The molecule has 0 saturated heterocycles. The van der Waals surface area contributed by atoms with Gasteiger partial charge in [-0.25, -0.2) is 4.98 Å². The van der Waals surface area contributed by atoms with Crippen molar-refractivity contribution in [3.05, 3.63) is 29.6 Å². The minimum atomic E-state index is -0.0269. The third kappa shape index (κ3) is 5.59. The predicted molar refractivity (Wildman–Crippen MR) is 79.2 cm³/mol. The van der Waals surface area contributed by atoms with E-state index in [1.165, 1.54) is 0 Å². The van der Waals surface area contributed by atoms with Gasteiger partial charge in [0.1, 0.15) is 11.4 Å². The standard InChI is InChI=1S/C15H23N3O2/c1-17(2)10-8-14(19)12-6-5-7-13(16-12)15(20)9-11-18(3)4/h5-7H,8-11H2,1-4H3. The van der Waals surface area contributed by atoms with Gasteiger partial charge in [-0.3, -0.25) is 9.59 Å². The topological polar surface area (TPSA) is 53.5 Å². The van der Waals surface area contributed by atoms with E-state index in [4.69, 9.17) is 0 Å². The number of hydrogen-bond acceptors (Lipinski definition) is 5. The molecule has 1 aromatic heterocycles. The first-order valence-corrected chi connectivity index (χ1v) is 6.73. The number of aromatic nitrogens is 1. The number of ketones is 2. The van der Waals surface area contributed by atoms with Gasteiger partial charge in [0, 0.05) is 25.9 Å². The number of nitrogens with zero attached hydrogens (tertiary/aromatic N) is 3. The summed E-state index contributed by atoms with van der Waals surface area (Å²) in [7, 11) is 7.67. The van der Waals surface area contributed by atoms with Crippen molar-refractivity contribution in [3.63, 3.8) is 0 Å². The van der Waals surface area contributed by atoms with Gasteiger partial charge in [0.2, 0.25) is 0 Å². The highest BCUT2D eigenvalue weighted by atomic mass is 16.1. The zero-order valence-electron chi connectivity index (χ0n) is 12.7. The SMILES string of the molecule is CN(C)CCC(=O)c1cccc(C(=O)CCN(C)C)n1. The Labute approximate surface area is 120 Å². The maximum absolute atomic E-state index is 12.0. The number of rotatable bonds is 8. The molecule has 1 aromatic rings. The summed E-state index contributed by atoms with van der Waals surface area (Å²) >= 11 is 0. The highest BCUT2D eigenvalue weighted by Gasteiger charge is 2.12. The normalized spacial score (nSPS) is 11.1. The van der Waals surface area contributed by atoms with Crippen LogP contribution in [0, 0.1) is 0 Å². The van der Waals surface area contributed by atoms with Crippen molar-refractivity contribution in [2.75, 3.05) is 41.3 Å². The number of hydrogen-bond donors (Lipinski definition) is 0. The Bertz CT molecular complexity index is 431. The van der Waals surface area contributed by atoms with Crippen LogP contribution in [0.3, 0.4) is 0 Å². The molecule has 0 aliphatic carbocycles. The Morgan fingerprint density at radius 2 is 1.30 bits per heavy atom. The predicted octanol–water partition coefficient (Wildman–Crippen LogP) is 1.35. The molecule has 0 fully saturated rings. The average molecular weight is 277 g/mol. The lowest BCUT2D eigenvalue weighted by Gasteiger charge is -2.09. The van der Waals surface area contributed by atoms with Gasteiger partial charge in [0.15, 0.2) is 11.6 Å². The quantitative estimate of drug-likeness (QED) is 0.671. The first-order valence-electron chi connectivity index (χ1n) is 6.73. The molecule has 0 saturated carbocycles. The maximum atomic E-state index is 12.0. The van der Waals surface area contributed by atoms with Crippen LogP contribution in [0.25, 0.3) is 0 Å². The van der Waals surface area contributed by atoms with Crippen molar-refractivity contribution in [1.82, 2.24) is 14.8 Å². The minimum absolute atomic E-state index is 0.0269. The van der Waals surface area contributed by atoms with Gasteiger partial charge in [-0.05, 0) is 40.3 Å². The summed E-state index contributed by atoms with van der Waals surface area (Å²) in [5, 5.41) is 0. The molecule has 0 aromatic carbocycles. The number of Topliss-reactive ketones (excluding diaryl/α,β-unsaturated/α-hetero) is 2. The van der Waals surface area contributed by atoms with Crippen LogP contribution in [0.4, 0.5) is 0 Å². The lowest BCUT2D eigenvalue weighted by Crippen LogP contribution is -2.19. The zero-order valence-corrected chi connectivity index (χ0v) is 12.7. The van der Waals surface area contributed by atoms with Crippen molar-refractivity contribution < 1.29 is 9.59 Å². The van der Waals surface area contributed by atoms with E-state index in [2.05, 4.69) is 4.98 Å². The van der Waals surface area contributed by atoms with Crippen molar-refractivity contribution in [2.45, 2.75) is 12.8 Å². The molecular weight excluding hydrogens is 254 g/mol. The van der Waals surface area contributed by atoms with Crippen molar-refractivity contribution in [3.8, 4) is 0 Å². The molecule has 5 heteroatoms. The molecule has 0 aliphatic rings. The molecule has 0 aliphatic heterocycles. The molecule has 0 radical (unpaired) electrons. The summed E-state index contributed by atoms with van der Waals surface area (Å²) in [5.74, 6) is -0.0538. The average Bonchev–Trinajstić information content (AvgIpc) is 2.42. The fraction of sp³-hybridized carbons (Fsp3) is 0.533. The van der Waals surface area contributed by atoms with Crippen LogP contribution < -0.4 is 0 Å². The summed E-state index contributed by atoms with van der Waals surface area (Å²) in [5.41, 5.74) is 0.755. The van der Waals surface area contributed by atoms with Crippen LogP contribution >= 0.6 is 0 Å². The molecule has 110 valence electrons. The van der Waals surface area contributed by atoms with E-state index in [1.807, 2.05) is 38.0 Å². The van der Waals surface area contributed by atoms with E-state index >= 15 is 0 Å². The largest absolute Gasteiger partial charge is 0.309 e. The third-order valence-electron chi connectivity index (χ3n) is 2.89. The summed E-state index contributed by atoms with van der Waals surface area (Å²) in [4.78, 5) is 32.1. The van der Waals surface area contributed by atoms with Crippen LogP contribution in [0.1, 0.15) is 33.8 Å². The monoisotopic (exact) mass is 277 g/mol. The van der Waals surface area contributed by atoms with Crippen LogP contribution in [0.15, 0.2) is 18.2 Å². The van der Waals surface area contributed by atoms with Gasteiger partial charge in [0.05, 0.1) is 0 Å². The number of carbonyl (C=O) groups is 2. The summed E-state index contributed by atoms with van der Waals surface area (Å²) in [6, 6.07) is 5.06. The fourth-order valence-corrected chi connectivity index (χ4v) is 1.65. The highest BCUT2D eigenvalue weighted by molar-refractivity contribution is 5.98. The molecule has 0 unspecified atom stereocenters. The van der Waals surface area contributed by atoms with Gasteiger partial charge in [0.25, 0.3) is 0 Å².